The number of nitrogens with one attached hydrogen (secondary N) is 1. The van der Waals surface area contributed by atoms with Crippen LogP contribution in [0, 0.1) is 0 Å². The van der Waals surface area contributed by atoms with E-state index in [-0.39, 0.29) is 5.69 Å². The molecule has 0 saturated carbocycles. The van der Waals surface area contributed by atoms with Gasteiger partial charge in [-0.05, 0) is 12.1 Å². The lowest BCUT2D eigenvalue weighted by Crippen LogP contribution is -3.06. The second kappa shape index (κ2) is 6.40. The van der Waals surface area contributed by atoms with Crippen molar-refractivity contribution in [2.75, 3.05) is 7.05 Å². The highest BCUT2D eigenvalue weighted by atomic mass is 35.5. The number of aromatic carboxylic acids is 1. The predicted octanol–water partition coefficient (Wildman–Crippen LogP) is 0.566. The van der Waals surface area contributed by atoms with E-state index in [2.05, 4.69) is 17.1 Å². The lowest BCUT2D eigenvalue weighted by atomic mass is 10.2. The zero-order valence-corrected chi connectivity index (χ0v) is 13.4. The van der Waals surface area contributed by atoms with Crippen molar-refractivity contribution in [3.8, 4) is 0 Å². The van der Waals surface area contributed by atoms with Gasteiger partial charge in [0.15, 0.2) is 0 Å². The number of hydrogen-bond donors (Lipinski definition) is 1. The van der Waals surface area contributed by atoms with E-state index >= 15 is 0 Å². The number of quaternary nitrogens is 1. The molecule has 6 heteroatoms. The molecule has 23 heavy (non-hydrogen) atoms. The van der Waals surface area contributed by atoms with Gasteiger partial charge >= 0.3 is 0 Å². The molecule has 0 spiro atoms. The maximum Gasteiger partial charge on any atom is 0.137 e. The first-order chi connectivity index (χ1) is 11.0. The van der Waals surface area contributed by atoms with Crippen LogP contribution in [-0.2, 0) is 13.1 Å². The number of rotatable bonds is 5. The highest BCUT2D eigenvalue weighted by molar-refractivity contribution is 6.30. The number of carbonyl (C=O) groups is 1. The number of carboxylic acid groups (broad SMARTS) is 1. The van der Waals surface area contributed by atoms with Crippen molar-refractivity contribution in [3.63, 3.8) is 0 Å². The van der Waals surface area contributed by atoms with Gasteiger partial charge in [0.05, 0.1) is 18.0 Å². The average Bonchev–Trinajstić information content (AvgIpc) is 2.86. The largest absolute Gasteiger partial charge is 0.543 e. The second-order valence-corrected chi connectivity index (χ2v) is 6.00. The Kier molecular flexibility index (Phi) is 4.32. The third-order valence-corrected chi connectivity index (χ3v) is 3.92. The summed E-state index contributed by atoms with van der Waals surface area (Å²) in [6.45, 7) is 1.28. The van der Waals surface area contributed by atoms with Crippen molar-refractivity contribution in [3.05, 3.63) is 70.6 Å². The Bertz CT molecular complexity index is 846. The summed E-state index contributed by atoms with van der Waals surface area (Å²) >= 11 is 6.03. The fourth-order valence-electron chi connectivity index (χ4n) is 2.69. The number of carbonyl (C=O) groups excluding carboxylic acids is 1. The number of benzene rings is 1. The van der Waals surface area contributed by atoms with Crippen LogP contribution in [0.15, 0.2) is 48.7 Å². The Morgan fingerprint density at radius 1 is 1.22 bits per heavy atom. The van der Waals surface area contributed by atoms with Gasteiger partial charge < -0.3 is 14.8 Å². The summed E-state index contributed by atoms with van der Waals surface area (Å²) in [7, 11) is 2.01. The molecule has 118 valence electrons. The predicted molar refractivity (Wildman–Crippen MR) is 85.3 cm³/mol. The molecule has 0 amide bonds. The van der Waals surface area contributed by atoms with Gasteiger partial charge in [0.25, 0.3) is 0 Å². The molecule has 5 nitrogen and oxygen atoms in total. The van der Waals surface area contributed by atoms with E-state index in [9.17, 15) is 9.90 Å². The molecule has 2 aromatic heterocycles. The summed E-state index contributed by atoms with van der Waals surface area (Å²) in [5, 5.41) is 11.9. The zero-order chi connectivity index (χ0) is 16.4. The van der Waals surface area contributed by atoms with Crippen molar-refractivity contribution >= 4 is 23.2 Å². The van der Waals surface area contributed by atoms with Crippen molar-refractivity contribution in [1.82, 2.24) is 9.38 Å². The number of imidazole rings is 1. The minimum absolute atomic E-state index is 0.0281. The van der Waals surface area contributed by atoms with E-state index in [0.717, 1.165) is 11.4 Å². The highest BCUT2D eigenvalue weighted by Crippen LogP contribution is 2.16. The fourth-order valence-corrected chi connectivity index (χ4v) is 2.85. The minimum atomic E-state index is -1.27. The lowest BCUT2D eigenvalue weighted by Gasteiger charge is -2.15. The fraction of sp³-hybridized carbons (Fsp3) is 0.176. The van der Waals surface area contributed by atoms with Crippen molar-refractivity contribution < 1.29 is 14.8 Å². The Labute approximate surface area is 138 Å². The van der Waals surface area contributed by atoms with E-state index in [1.54, 1.807) is 22.7 Å². The highest BCUT2D eigenvalue weighted by Gasteiger charge is 2.17. The molecule has 3 aromatic rings. The Balaban J connectivity index is 1.93. The average molecular weight is 330 g/mol. The van der Waals surface area contributed by atoms with Crippen molar-refractivity contribution in [2.45, 2.75) is 13.1 Å². The molecule has 3 rings (SSSR count). The van der Waals surface area contributed by atoms with Crippen LogP contribution in [0.4, 0.5) is 0 Å². The first-order valence-corrected chi connectivity index (χ1v) is 7.65. The van der Waals surface area contributed by atoms with Crippen LogP contribution in [0.25, 0.3) is 5.65 Å². The Morgan fingerprint density at radius 2 is 1.96 bits per heavy atom. The molecular formula is C17H16ClN3O2. The molecule has 0 aliphatic carbocycles. The van der Waals surface area contributed by atoms with Crippen LogP contribution in [0.3, 0.4) is 0 Å². The maximum absolute atomic E-state index is 11.4. The first-order valence-electron chi connectivity index (χ1n) is 7.27. The number of aromatic nitrogens is 2. The first kappa shape index (κ1) is 15.5. The normalized spacial score (nSPS) is 12.4. The SMILES string of the molecule is C[NH+](Cc1ccccc1)Cc1c(C(=O)[O-])nc2ccc(Cl)cn12. The van der Waals surface area contributed by atoms with E-state index < -0.39 is 5.97 Å². The topological polar surface area (TPSA) is 61.9 Å². The van der Waals surface area contributed by atoms with Crippen molar-refractivity contribution in [2.24, 2.45) is 0 Å². The Hall–Kier alpha value is -2.37. The van der Waals surface area contributed by atoms with Gasteiger partial charge in [-0.2, -0.15) is 0 Å². The van der Waals surface area contributed by atoms with Gasteiger partial charge in [-0.25, -0.2) is 4.98 Å². The maximum atomic E-state index is 11.4. The second-order valence-electron chi connectivity index (χ2n) is 5.57. The summed E-state index contributed by atoms with van der Waals surface area (Å²) in [4.78, 5) is 16.7. The quantitative estimate of drug-likeness (QED) is 0.744. The monoisotopic (exact) mass is 329 g/mol. The third kappa shape index (κ3) is 3.36. The standard InChI is InChI=1S/C17H16ClN3O2/c1-20(9-12-5-3-2-4-6-12)11-14-16(17(22)23)19-15-8-7-13(18)10-21(14)15/h2-8,10H,9,11H2,1H3,(H,22,23). The summed E-state index contributed by atoms with van der Waals surface area (Å²) in [6.07, 6.45) is 1.68. The van der Waals surface area contributed by atoms with E-state index in [1.165, 1.54) is 5.56 Å². The minimum Gasteiger partial charge on any atom is -0.543 e. The van der Waals surface area contributed by atoms with Gasteiger partial charge in [0.1, 0.15) is 30.1 Å². The van der Waals surface area contributed by atoms with Crippen LogP contribution in [-0.4, -0.2) is 22.4 Å². The number of hydrogen-bond acceptors (Lipinski definition) is 3. The van der Waals surface area contributed by atoms with Crippen molar-refractivity contribution in [1.29, 1.82) is 0 Å². The number of nitrogens with zero attached hydrogens (tertiary/aromatic N) is 2. The summed E-state index contributed by atoms with van der Waals surface area (Å²) in [5.41, 5.74) is 2.30. The number of pyridine rings is 1. The molecule has 0 saturated heterocycles. The molecule has 1 aromatic carbocycles. The molecule has 0 bridgehead atoms. The summed E-state index contributed by atoms with van der Waals surface area (Å²) < 4.78 is 1.72. The zero-order valence-electron chi connectivity index (χ0n) is 12.6. The van der Waals surface area contributed by atoms with Crippen LogP contribution in [0.1, 0.15) is 21.7 Å². The van der Waals surface area contributed by atoms with Gasteiger partial charge in [0.2, 0.25) is 0 Å². The molecule has 1 N–H and O–H groups in total. The molecule has 1 atom stereocenters. The van der Waals surface area contributed by atoms with Crippen LogP contribution in [0.2, 0.25) is 5.02 Å². The third-order valence-electron chi connectivity index (χ3n) is 3.69. The molecule has 1 unspecified atom stereocenters. The van der Waals surface area contributed by atoms with E-state index in [1.807, 2.05) is 25.2 Å². The molecular weight excluding hydrogens is 314 g/mol. The molecule has 2 heterocycles. The van der Waals surface area contributed by atoms with Crippen LogP contribution < -0.4 is 10.0 Å². The van der Waals surface area contributed by atoms with Crippen LogP contribution >= 0.6 is 11.6 Å². The summed E-state index contributed by atoms with van der Waals surface area (Å²) in [5.74, 6) is -1.27. The van der Waals surface area contributed by atoms with Gasteiger partial charge in [-0.3, -0.25) is 4.40 Å². The molecule has 0 aliphatic heterocycles. The molecule has 0 aliphatic rings. The van der Waals surface area contributed by atoms with E-state index in [0.29, 0.717) is 22.9 Å². The molecule has 0 radical (unpaired) electrons. The smallest absolute Gasteiger partial charge is 0.137 e. The van der Waals surface area contributed by atoms with Gasteiger partial charge in [0, 0.05) is 11.8 Å². The van der Waals surface area contributed by atoms with Crippen LogP contribution in [0.5, 0.6) is 0 Å². The Morgan fingerprint density at radius 3 is 2.65 bits per heavy atom. The number of halogens is 1. The van der Waals surface area contributed by atoms with Gasteiger partial charge in [-0.15, -0.1) is 0 Å². The van der Waals surface area contributed by atoms with Gasteiger partial charge in [-0.1, -0.05) is 41.9 Å². The summed E-state index contributed by atoms with van der Waals surface area (Å²) in [6, 6.07) is 13.4. The van der Waals surface area contributed by atoms with E-state index in [4.69, 9.17) is 11.6 Å². The number of carboxylic acids is 1. The molecule has 0 fully saturated rings. The number of fused-ring (bicyclic) bond motifs is 1. The lowest BCUT2D eigenvalue weighted by molar-refractivity contribution is -0.908.